The first kappa shape index (κ1) is 18.7. The van der Waals surface area contributed by atoms with Crippen molar-refractivity contribution in [3.8, 4) is 0 Å². The van der Waals surface area contributed by atoms with Gasteiger partial charge in [-0.25, -0.2) is 4.79 Å². The molecule has 1 atom stereocenters. The number of carbonyl (C=O) groups is 2. The van der Waals surface area contributed by atoms with Crippen LogP contribution in [-0.4, -0.2) is 21.9 Å². The van der Waals surface area contributed by atoms with Crippen molar-refractivity contribution < 1.29 is 27.9 Å². The van der Waals surface area contributed by atoms with Crippen LogP contribution in [0.25, 0.3) is 0 Å². The van der Waals surface area contributed by atoms with Gasteiger partial charge in [-0.3, -0.25) is 9.69 Å². The van der Waals surface area contributed by atoms with Crippen LogP contribution in [0.1, 0.15) is 23.1 Å². The summed E-state index contributed by atoms with van der Waals surface area (Å²) in [5.74, 6) is -0.289. The number of ketones is 1. The Morgan fingerprint density at radius 1 is 1.07 bits per heavy atom. The Hall–Kier alpha value is -3.09. The normalized spacial score (nSPS) is 20.0. The van der Waals surface area contributed by atoms with Crippen molar-refractivity contribution >= 4 is 11.9 Å². The molecule has 0 aromatic heterocycles. The summed E-state index contributed by atoms with van der Waals surface area (Å²) >= 11 is 0. The Balaban J connectivity index is 2.13. The Labute approximate surface area is 153 Å². The minimum Gasteiger partial charge on any atom is -0.465 e. The van der Waals surface area contributed by atoms with Crippen molar-refractivity contribution in [3.63, 3.8) is 0 Å². The Kier molecular flexibility index (Phi) is 4.78. The highest BCUT2D eigenvalue weighted by Gasteiger charge is 2.44. The van der Waals surface area contributed by atoms with Crippen molar-refractivity contribution in [1.29, 1.82) is 0 Å². The molecule has 0 aliphatic carbocycles. The van der Waals surface area contributed by atoms with Gasteiger partial charge < -0.3 is 5.11 Å². The molecule has 1 N–H and O–H groups in total. The second-order valence-corrected chi connectivity index (χ2v) is 6.38. The fourth-order valence-electron chi connectivity index (χ4n) is 3.37. The lowest BCUT2D eigenvalue weighted by molar-refractivity contribution is -0.137. The lowest BCUT2D eigenvalue weighted by Crippen LogP contribution is -2.50. The van der Waals surface area contributed by atoms with Gasteiger partial charge in [-0.15, -0.1) is 0 Å². The third-order valence-electron chi connectivity index (χ3n) is 4.63. The van der Waals surface area contributed by atoms with Crippen LogP contribution in [0.5, 0.6) is 0 Å². The monoisotopic (exact) mass is 375 g/mol. The molecule has 1 aliphatic heterocycles. The summed E-state index contributed by atoms with van der Waals surface area (Å²) in [5, 5.41) is 9.67. The summed E-state index contributed by atoms with van der Waals surface area (Å²) in [6, 6.07) is 13.2. The SMILES string of the molecule is O=C1C=CN(C(=O)O)C(Cc2ccccc2)(c2ccc(C(F)(F)F)cc2)C1. The van der Waals surface area contributed by atoms with Gasteiger partial charge >= 0.3 is 12.3 Å². The predicted molar refractivity (Wildman–Crippen MR) is 91.9 cm³/mol. The number of nitrogens with zero attached hydrogens (tertiary/aromatic N) is 1. The van der Waals surface area contributed by atoms with E-state index in [0.29, 0.717) is 5.56 Å². The molecule has 0 saturated heterocycles. The van der Waals surface area contributed by atoms with E-state index in [1.165, 1.54) is 24.4 Å². The number of amides is 1. The molecule has 140 valence electrons. The summed E-state index contributed by atoms with van der Waals surface area (Å²) in [5.41, 5.74) is -1.05. The molecule has 0 bridgehead atoms. The number of rotatable bonds is 3. The lowest BCUT2D eigenvalue weighted by Gasteiger charge is -2.43. The van der Waals surface area contributed by atoms with E-state index in [-0.39, 0.29) is 18.6 Å². The first-order valence-corrected chi connectivity index (χ1v) is 8.17. The molecular weight excluding hydrogens is 359 g/mol. The van der Waals surface area contributed by atoms with E-state index in [4.69, 9.17) is 0 Å². The number of halogens is 3. The van der Waals surface area contributed by atoms with Crippen LogP contribution < -0.4 is 0 Å². The highest BCUT2D eigenvalue weighted by Crippen LogP contribution is 2.40. The van der Waals surface area contributed by atoms with E-state index in [1.807, 2.05) is 0 Å². The van der Waals surface area contributed by atoms with Crippen molar-refractivity contribution in [1.82, 2.24) is 4.90 Å². The number of benzene rings is 2. The molecule has 2 aromatic rings. The number of hydrogen-bond donors (Lipinski definition) is 1. The van der Waals surface area contributed by atoms with Crippen LogP contribution in [-0.2, 0) is 22.9 Å². The summed E-state index contributed by atoms with van der Waals surface area (Å²) in [7, 11) is 0. The van der Waals surface area contributed by atoms with Gasteiger partial charge in [0, 0.05) is 19.0 Å². The molecule has 1 aliphatic rings. The summed E-state index contributed by atoms with van der Waals surface area (Å²) in [6.45, 7) is 0. The molecule has 1 amide bonds. The predicted octanol–water partition coefficient (Wildman–Crippen LogP) is 4.61. The Bertz CT molecular complexity index is 876. The summed E-state index contributed by atoms with van der Waals surface area (Å²) < 4.78 is 38.7. The second-order valence-electron chi connectivity index (χ2n) is 6.38. The molecule has 0 fully saturated rings. The lowest BCUT2D eigenvalue weighted by atomic mass is 9.77. The maximum atomic E-state index is 12.9. The van der Waals surface area contributed by atoms with Crippen LogP contribution in [0.4, 0.5) is 18.0 Å². The molecule has 0 spiro atoms. The van der Waals surface area contributed by atoms with Crippen LogP contribution >= 0.6 is 0 Å². The van der Waals surface area contributed by atoms with Gasteiger partial charge in [0.15, 0.2) is 5.78 Å². The molecule has 1 heterocycles. The average molecular weight is 375 g/mol. The number of carbonyl (C=O) groups excluding carboxylic acids is 1. The van der Waals surface area contributed by atoms with Crippen molar-refractivity contribution in [2.45, 2.75) is 24.6 Å². The van der Waals surface area contributed by atoms with Crippen LogP contribution in [0.15, 0.2) is 66.9 Å². The first-order valence-electron chi connectivity index (χ1n) is 8.17. The van der Waals surface area contributed by atoms with Gasteiger partial charge in [-0.1, -0.05) is 42.5 Å². The average Bonchev–Trinajstić information content (AvgIpc) is 2.61. The molecule has 7 heteroatoms. The molecular formula is C20H16F3NO3. The highest BCUT2D eigenvalue weighted by molar-refractivity contribution is 5.93. The fraction of sp³-hybridized carbons (Fsp3) is 0.200. The van der Waals surface area contributed by atoms with Gasteiger partial charge in [-0.2, -0.15) is 13.2 Å². The Morgan fingerprint density at radius 2 is 1.70 bits per heavy atom. The number of carboxylic acid groups (broad SMARTS) is 1. The van der Waals surface area contributed by atoms with Gasteiger partial charge in [0.05, 0.1) is 11.1 Å². The van der Waals surface area contributed by atoms with Crippen LogP contribution in [0.2, 0.25) is 0 Å². The van der Waals surface area contributed by atoms with E-state index in [9.17, 15) is 27.9 Å². The van der Waals surface area contributed by atoms with Crippen molar-refractivity contribution in [3.05, 3.63) is 83.6 Å². The van der Waals surface area contributed by atoms with Gasteiger partial charge in [0.25, 0.3) is 0 Å². The third-order valence-corrected chi connectivity index (χ3v) is 4.63. The zero-order valence-corrected chi connectivity index (χ0v) is 14.1. The van der Waals surface area contributed by atoms with E-state index in [0.717, 1.165) is 22.6 Å². The Morgan fingerprint density at radius 3 is 2.26 bits per heavy atom. The van der Waals surface area contributed by atoms with Crippen LogP contribution in [0.3, 0.4) is 0 Å². The molecule has 0 saturated carbocycles. The molecule has 0 radical (unpaired) electrons. The molecule has 1 unspecified atom stereocenters. The smallest absolute Gasteiger partial charge is 0.416 e. The van der Waals surface area contributed by atoms with Gasteiger partial charge in [0.2, 0.25) is 0 Å². The van der Waals surface area contributed by atoms with Gasteiger partial charge in [-0.05, 0) is 29.3 Å². The molecule has 2 aromatic carbocycles. The van der Waals surface area contributed by atoms with E-state index in [1.54, 1.807) is 30.3 Å². The number of hydrogen-bond acceptors (Lipinski definition) is 2. The topological polar surface area (TPSA) is 57.6 Å². The standard InChI is InChI=1S/C20H16F3NO3/c21-20(22,23)16-8-6-15(7-9-16)19(12-14-4-2-1-3-5-14)13-17(25)10-11-24(19)18(26)27/h1-11H,12-13H2,(H,26,27). The molecule has 27 heavy (non-hydrogen) atoms. The minimum atomic E-state index is -4.50. The number of alkyl halides is 3. The van der Waals surface area contributed by atoms with E-state index >= 15 is 0 Å². The zero-order chi connectivity index (χ0) is 19.7. The van der Waals surface area contributed by atoms with Gasteiger partial charge in [0.1, 0.15) is 0 Å². The van der Waals surface area contributed by atoms with Crippen molar-refractivity contribution in [2.75, 3.05) is 0 Å². The molecule has 3 rings (SSSR count). The quantitative estimate of drug-likeness (QED) is 0.852. The van der Waals surface area contributed by atoms with Crippen LogP contribution in [0, 0.1) is 0 Å². The first-order chi connectivity index (χ1) is 12.7. The van der Waals surface area contributed by atoms with E-state index < -0.39 is 23.4 Å². The fourth-order valence-corrected chi connectivity index (χ4v) is 3.37. The van der Waals surface area contributed by atoms with E-state index in [2.05, 4.69) is 0 Å². The largest absolute Gasteiger partial charge is 0.465 e. The highest BCUT2D eigenvalue weighted by atomic mass is 19.4. The summed E-state index contributed by atoms with van der Waals surface area (Å²) in [4.78, 5) is 25.0. The summed E-state index contributed by atoms with van der Waals surface area (Å²) in [6.07, 6.45) is -3.44. The maximum Gasteiger partial charge on any atom is 0.416 e. The zero-order valence-electron chi connectivity index (χ0n) is 14.1. The minimum absolute atomic E-state index is 0.154. The molecule has 4 nitrogen and oxygen atoms in total. The maximum absolute atomic E-state index is 12.9. The second kappa shape index (κ2) is 6.90. The number of allylic oxidation sites excluding steroid dienone is 1. The third kappa shape index (κ3) is 3.72. The van der Waals surface area contributed by atoms with Crippen molar-refractivity contribution in [2.24, 2.45) is 0 Å².